The lowest BCUT2D eigenvalue weighted by Gasteiger charge is -2.43. The molecule has 2 aliphatic rings. The number of ether oxygens (including phenoxy) is 1. The molecule has 1 aliphatic heterocycles. The molecule has 0 aromatic rings. The van der Waals surface area contributed by atoms with Gasteiger partial charge in [0.25, 0.3) is 0 Å². The third-order valence-electron chi connectivity index (χ3n) is 5.88. The Morgan fingerprint density at radius 3 is 2.61 bits per heavy atom. The quantitative estimate of drug-likeness (QED) is 0.776. The van der Waals surface area contributed by atoms with E-state index in [1.807, 2.05) is 0 Å². The van der Waals surface area contributed by atoms with Gasteiger partial charge in [0.1, 0.15) is 0 Å². The summed E-state index contributed by atoms with van der Waals surface area (Å²) in [4.78, 5) is 17.4. The second kappa shape index (κ2) is 9.00. The highest BCUT2D eigenvalue weighted by molar-refractivity contribution is 5.77. The van der Waals surface area contributed by atoms with Gasteiger partial charge in [0.05, 0.1) is 6.61 Å². The normalized spacial score (nSPS) is 25.5. The van der Waals surface area contributed by atoms with Crippen molar-refractivity contribution >= 4 is 5.91 Å². The minimum Gasteiger partial charge on any atom is -0.383 e. The van der Waals surface area contributed by atoms with E-state index < -0.39 is 0 Å². The molecule has 2 N–H and O–H groups in total. The fourth-order valence-corrected chi connectivity index (χ4v) is 4.20. The van der Waals surface area contributed by atoms with Crippen molar-refractivity contribution in [2.45, 2.75) is 57.9 Å². The van der Waals surface area contributed by atoms with Crippen molar-refractivity contribution in [2.75, 3.05) is 46.4 Å². The number of carbonyl (C=O) groups excluding carboxylic acids is 1. The maximum Gasteiger partial charge on any atom is 0.223 e. The first-order chi connectivity index (χ1) is 11.1. The first-order valence-electron chi connectivity index (χ1n) is 9.35. The van der Waals surface area contributed by atoms with Gasteiger partial charge in [-0.25, -0.2) is 0 Å². The number of nitrogens with zero attached hydrogens (tertiary/aromatic N) is 2. The molecule has 5 nitrogen and oxygen atoms in total. The first kappa shape index (κ1) is 18.7. The van der Waals surface area contributed by atoms with Crippen LogP contribution in [0.3, 0.4) is 0 Å². The Hall–Kier alpha value is -0.650. The molecule has 1 amide bonds. The van der Waals surface area contributed by atoms with E-state index in [0.29, 0.717) is 24.9 Å². The number of hydrogen-bond acceptors (Lipinski definition) is 4. The van der Waals surface area contributed by atoms with E-state index in [1.165, 1.54) is 19.3 Å². The van der Waals surface area contributed by atoms with Crippen LogP contribution in [0.2, 0.25) is 0 Å². The largest absolute Gasteiger partial charge is 0.383 e. The molecule has 1 heterocycles. The number of nitrogens with two attached hydrogens (primary N) is 1. The van der Waals surface area contributed by atoms with Crippen molar-refractivity contribution in [2.24, 2.45) is 11.1 Å². The molecule has 2 rings (SSSR count). The van der Waals surface area contributed by atoms with Crippen molar-refractivity contribution in [1.29, 1.82) is 0 Å². The van der Waals surface area contributed by atoms with Crippen molar-refractivity contribution in [3.8, 4) is 0 Å². The fraction of sp³-hybridized carbons (Fsp3) is 0.944. The summed E-state index contributed by atoms with van der Waals surface area (Å²) >= 11 is 0. The van der Waals surface area contributed by atoms with Crippen LogP contribution in [0.4, 0.5) is 0 Å². The Morgan fingerprint density at radius 1 is 1.26 bits per heavy atom. The fourth-order valence-electron chi connectivity index (χ4n) is 4.20. The van der Waals surface area contributed by atoms with Gasteiger partial charge in [0.15, 0.2) is 0 Å². The molecule has 2 fully saturated rings. The van der Waals surface area contributed by atoms with E-state index in [-0.39, 0.29) is 5.41 Å². The van der Waals surface area contributed by atoms with E-state index >= 15 is 0 Å². The molecule has 0 radical (unpaired) electrons. The van der Waals surface area contributed by atoms with Crippen molar-refractivity contribution in [3.05, 3.63) is 0 Å². The van der Waals surface area contributed by atoms with Gasteiger partial charge in [-0.05, 0) is 31.2 Å². The number of piperazine rings is 1. The maximum atomic E-state index is 12.8. The Labute approximate surface area is 141 Å². The Bertz CT molecular complexity index is 369. The monoisotopic (exact) mass is 325 g/mol. The van der Waals surface area contributed by atoms with Crippen LogP contribution >= 0.6 is 0 Å². The van der Waals surface area contributed by atoms with Crippen LogP contribution in [-0.4, -0.2) is 68.2 Å². The smallest absolute Gasteiger partial charge is 0.223 e. The Balaban J connectivity index is 1.90. The molecule has 23 heavy (non-hydrogen) atoms. The van der Waals surface area contributed by atoms with Crippen molar-refractivity contribution < 1.29 is 9.53 Å². The SMILES string of the molecule is CCC1CN(C(=O)CC2(CN)CCCCC2)CCN1CCOC. The molecule has 1 saturated carbocycles. The first-order valence-corrected chi connectivity index (χ1v) is 9.35. The molecule has 0 bridgehead atoms. The lowest BCUT2D eigenvalue weighted by Crippen LogP contribution is -2.56. The summed E-state index contributed by atoms with van der Waals surface area (Å²) in [6.45, 7) is 7.26. The lowest BCUT2D eigenvalue weighted by atomic mass is 9.71. The summed E-state index contributed by atoms with van der Waals surface area (Å²) in [5.74, 6) is 0.321. The van der Waals surface area contributed by atoms with Crippen LogP contribution in [0.1, 0.15) is 51.9 Å². The zero-order chi connectivity index (χ0) is 16.7. The minimum atomic E-state index is 0.0736. The second-order valence-electron chi connectivity index (χ2n) is 7.37. The number of methoxy groups -OCH3 is 1. The summed E-state index contributed by atoms with van der Waals surface area (Å²) < 4.78 is 5.20. The Kier molecular flexibility index (Phi) is 7.31. The predicted octanol–water partition coefficient (Wildman–Crippen LogP) is 1.85. The summed E-state index contributed by atoms with van der Waals surface area (Å²) in [5.41, 5.74) is 6.13. The van der Waals surface area contributed by atoms with E-state index in [4.69, 9.17) is 10.5 Å². The zero-order valence-corrected chi connectivity index (χ0v) is 15.1. The average molecular weight is 325 g/mol. The highest BCUT2D eigenvalue weighted by Crippen LogP contribution is 2.39. The van der Waals surface area contributed by atoms with Crippen LogP contribution < -0.4 is 5.73 Å². The van der Waals surface area contributed by atoms with Gasteiger partial charge in [-0.3, -0.25) is 9.69 Å². The molecule has 1 saturated heterocycles. The average Bonchev–Trinajstić information content (AvgIpc) is 2.60. The molecule has 5 heteroatoms. The van der Waals surface area contributed by atoms with Crippen LogP contribution in [0.15, 0.2) is 0 Å². The molecule has 0 spiro atoms. The number of carbonyl (C=O) groups is 1. The molecule has 0 aromatic heterocycles. The van der Waals surface area contributed by atoms with Gasteiger partial charge >= 0.3 is 0 Å². The summed E-state index contributed by atoms with van der Waals surface area (Å²) in [6.07, 6.45) is 7.74. The van der Waals surface area contributed by atoms with E-state index in [9.17, 15) is 4.79 Å². The van der Waals surface area contributed by atoms with Crippen molar-refractivity contribution in [3.63, 3.8) is 0 Å². The number of rotatable bonds is 7. The summed E-state index contributed by atoms with van der Waals surface area (Å²) in [7, 11) is 1.75. The molecule has 1 unspecified atom stereocenters. The molecule has 0 aromatic carbocycles. The van der Waals surface area contributed by atoms with Crippen LogP contribution in [0.25, 0.3) is 0 Å². The molecule has 1 aliphatic carbocycles. The Morgan fingerprint density at radius 2 is 2.00 bits per heavy atom. The topological polar surface area (TPSA) is 58.8 Å². The summed E-state index contributed by atoms with van der Waals surface area (Å²) in [5, 5.41) is 0. The van der Waals surface area contributed by atoms with Crippen molar-refractivity contribution in [1.82, 2.24) is 9.80 Å². The minimum absolute atomic E-state index is 0.0736. The zero-order valence-electron chi connectivity index (χ0n) is 15.1. The van der Waals surface area contributed by atoms with Gasteiger partial charge < -0.3 is 15.4 Å². The second-order valence-corrected chi connectivity index (χ2v) is 7.37. The number of hydrogen-bond donors (Lipinski definition) is 1. The predicted molar refractivity (Wildman–Crippen MR) is 93.3 cm³/mol. The third kappa shape index (κ3) is 4.91. The lowest BCUT2D eigenvalue weighted by molar-refractivity contribution is -0.137. The van der Waals surface area contributed by atoms with E-state index in [0.717, 1.165) is 52.0 Å². The van der Waals surface area contributed by atoms with Gasteiger partial charge in [0, 0.05) is 45.8 Å². The van der Waals surface area contributed by atoms with Crippen LogP contribution in [0, 0.1) is 5.41 Å². The molecule has 1 atom stereocenters. The van der Waals surface area contributed by atoms with Crippen LogP contribution in [0.5, 0.6) is 0 Å². The third-order valence-corrected chi connectivity index (χ3v) is 5.88. The molecular weight excluding hydrogens is 290 g/mol. The molecule has 134 valence electrons. The van der Waals surface area contributed by atoms with Gasteiger partial charge in [-0.2, -0.15) is 0 Å². The highest BCUT2D eigenvalue weighted by atomic mass is 16.5. The summed E-state index contributed by atoms with van der Waals surface area (Å²) in [6, 6.07) is 0.461. The maximum absolute atomic E-state index is 12.8. The molecular formula is C18H35N3O2. The highest BCUT2D eigenvalue weighted by Gasteiger charge is 2.36. The van der Waals surface area contributed by atoms with Gasteiger partial charge in [-0.15, -0.1) is 0 Å². The number of amides is 1. The van der Waals surface area contributed by atoms with Gasteiger partial charge in [-0.1, -0.05) is 26.2 Å². The van der Waals surface area contributed by atoms with Crippen LogP contribution in [-0.2, 0) is 9.53 Å². The standard InChI is InChI=1S/C18H35N3O2/c1-3-16-14-21(10-9-20(16)11-12-23-2)17(22)13-18(15-19)7-5-4-6-8-18/h16H,3-15,19H2,1-2H3. The van der Waals surface area contributed by atoms with E-state index in [1.54, 1.807) is 7.11 Å². The van der Waals surface area contributed by atoms with E-state index in [2.05, 4.69) is 16.7 Å². The van der Waals surface area contributed by atoms with Gasteiger partial charge in [0.2, 0.25) is 5.91 Å².